The first-order valence-electron chi connectivity index (χ1n) is 5.27. The maximum atomic E-state index is 11.4. The zero-order chi connectivity index (χ0) is 12.9. The van der Waals surface area contributed by atoms with E-state index in [2.05, 4.69) is 5.92 Å². The second-order valence-electron chi connectivity index (χ2n) is 4.34. The first-order valence-corrected chi connectivity index (χ1v) is 5.27. The Balaban J connectivity index is 2.67. The van der Waals surface area contributed by atoms with Crippen molar-refractivity contribution in [2.75, 3.05) is 13.7 Å². The van der Waals surface area contributed by atoms with E-state index in [0.29, 0.717) is 5.75 Å². The molecule has 3 nitrogen and oxygen atoms in total. The van der Waals surface area contributed by atoms with Gasteiger partial charge in [-0.05, 0) is 32.0 Å². The van der Waals surface area contributed by atoms with Gasteiger partial charge in [0.15, 0.2) is 0 Å². The lowest BCUT2D eigenvalue weighted by Crippen LogP contribution is -2.32. The van der Waals surface area contributed by atoms with E-state index in [4.69, 9.17) is 15.9 Å². The smallest absolute Gasteiger partial charge is 0.314 e. The van der Waals surface area contributed by atoms with Crippen LogP contribution in [0.4, 0.5) is 0 Å². The van der Waals surface area contributed by atoms with Gasteiger partial charge in [-0.3, -0.25) is 4.79 Å². The summed E-state index contributed by atoms with van der Waals surface area (Å²) < 4.78 is 10.2. The summed E-state index contributed by atoms with van der Waals surface area (Å²) in [5, 5.41) is 0. The number of methoxy groups -OCH3 is 1. The molecule has 0 spiro atoms. The minimum Gasteiger partial charge on any atom is -0.492 e. The molecule has 0 bridgehead atoms. The highest BCUT2D eigenvalue weighted by Gasteiger charge is 2.29. The molecule has 0 atom stereocenters. The van der Waals surface area contributed by atoms with Crippen LogP contribution in [0, 0.1) is 17.8 Å². The van der Waals surface area contributed by atoms with E-state index in [-0.39, 0.29) is 12.6 Å². The van der Waals surface area contributed by atoms with Crippen LogP contribution in [0.25, 0.3) is 0 Å². The maximum Gasteiger partial charge on any atom is 0.314 e. The molecule has 0 saturated heterocycles. The van der Waals surface area contributed by atoms with Gasteiger partial charge < -0.3 is 9.47 Å². The molecule has 0 N–H and O–H groups in total. The Morgan fingerprint density at radius 3 is 2.76 bits per heavy atom. The van der Waals surface area contributed by atoms with Gasteiger partial charge in [-0.25, -0.2) is 0 Å². The number of esters is 1. The fraction of sp³-hybridized carbons (Fsp3) is 0.357. The molecule has 0 saturated carbocycles. The Morgan fingerprint density at radius 1 is 1.47 bits per heavy atom. The van der Waals surface area contributed by atoms with E-state index in [1.54, 1.807) is 26.0 Å². The first kappa shape index (κ1) is 13.1. The molecular weight excluding hydrogens is 216 g/mol. The van der Waals surface area contributed by atoms with E-state index in [1.165, 1.54) is 7.11 Å². The van der Waals surface area contributed by atoms with Crippen LogP contribution in [0.3, 0.4) is 0 Å². The van der Waals surface area contributed by atoms with Gasteiger partial charge in [-0.1, -0.05) is 12.0 Å². The molecule has 0 fully saturated rings. The fourth-order valence-electron chi connectivity index (χ4n) is 1.27. The van der Waals surface area contributed by atoms with Gasteiger partial charge in [0.05, 0.1) is 12.5 Å². The summed E-state index contributed by atoms with van der Waals surface area (Å²) in [6, 6.07) is 7.19. The van der Waals surface area contributed by atoms with Crippen LogP contribution in [-0.4, -0.2) is 19.7 Å². The van der Waals surface area contributed by atoms with Gasteiger partial charge in [0.2, 0.25) is 0 Å². The molecule has 17 heavy (non-hydrogen) atoms. The Hall–Kier alpha value is -1.95. The van der Waals surface area contributed by atoms with Crippen molar-refractivity contribution in [3.05, 3.63) is 29.8 Å². The van der Waals surface area contributed by atoms with Gasteiger partial charge in [0.1, 0.15) is 12.4 Å². The molecule has 1 rings (SSSR count). The standard InChI is InChI=1S/C14H16O3/c1-5-11-7-6-8-12(9-11)17-10-14(2,3)13(15)16-4/h1,6-9H,10H2,2-4H3. The van der Waals surface area contributed by atoms with Gasteiger partial charge in [0.25, 0.3) is 0 Å². The van der Waals surface area contributed by atoms with Crippen molar-refractivity contribution in [3.8, 4) is 18.1 Å². The fourth-order valence-corrected chi connectivity index (χ4v) is 1.27. The topological polar surface area (TPSA) is 35.5 Å². The van der Waals surface area contributed by atoms with Gasteiger partial charge in [-0.2, -0.15) is 0 Å². The van der Waals surface area contributed by atoms with Crippen LogP contribution in [0.5, 0.6) is 5.75 Å². The highest BCUT2D eigenvalue weighted by molar-refractivity contribution is 5.75. The number of benzene rings is 1. The van der Waals surface area contributed by atoms with Crippen molar-refractivity contribution in [2.24, 2.45) is 5.41 Å². The summed E-state index contributed by atoms with van der Waals surface area (Å²) in [5.74, 6) is 2.88. The summed E-state index contributed by atoms with van der Waals surface area (Å²) in [6.07, 6.45) is 5.29. The molecule has 0 unspecified atom stereocenters. The van der Waals surface area contributed by atoms with Crippen molar-refractivity contribution in [1.82, 2.24) is 0 Å². The number of ether oxygens (including phenoxy) is 2. The highest BCUT2D eigenvalue weighted by atomic mass is 16.5. The van der Waals surface area contributed by atoms with E-state index in [1.807, 2.05) is 12.1 Å². The average molecular weight is 232 g/mol. The summed E-state index contributed by atoms with van der Waals surface area (Å²) >= 11 is 0. The van der Waals surface area contributed by atoms with Crippen molar-refractivity contribution in [3.63, 3.8) is 0 Å². The third-order valence-corrected chi connectivity index (χ3v) is 2.34. The number of carbonyl (C=O) groups is 1. The van der Waals surface area contributed by atoms with Crippen LogP contribution < -0.4 is 4.74 Å². The van der Waals surface area contributed by atoms with Crippen LogP contribution >= 0.6 is 0 Å². The zero-order valence-electron chi connectivity index (χ0n) is 10.3. The van der Waals surface area contributed by atoms with E-state index in [9.17, 15) is 4.79 Å². The molecule has 3 heteroatoms. The Morgan fingerprint density at radius 2 is 2.18 bits per heavy atom. The number of hydrogen-bond donors (Lipinski definition) is 0. The van der Waals surface area contributed by atoms with Crippen LogP contribution in [-0.2, 0) is 9.53 Å². The number of hydrogen-bond acceptors (Lipinski definition) is 3. The molecule has 90 valence electrons. The molecule has 1 aromatic rings. The molecular formula is C14H16O3. The van der Waals surface area contributed by atoms with E-state index >= 15 is 0 Å². The maximum absolute atomic E-state index is 11.4. The highest BCUT2D eigenvalue weighted by Crippen LogP contribution is 2.20. The number of terminal acetylenes is 1. The molecule has 0 amide bonds. The van der Waals surface area contributed by atoms with Crippen molar-refractivity contribution < 1.29 is 14.3 Å². The van der Waals surface area contributed by atoms with E-state index in [0.717, 1.165) is 5.56 Å². The monoisotopic (exact) mass is 232 g/mol. The van der Waals surface area contributed by atoms with Crippen molar-refractivity contribution >= 4 is 5.97 Å². The third kappa shape index (κ3) is 3.53. The molecule has 0 aliphatic rings. The van der Waals surface area contributed by atoms with Crippen LogP contribution in [0.15, 0.2) is 24.3 Å². The van der Waals surface area contributed by atoms with Crippen LogP contribution in [0.2, 0.25) is 0 Å². The third-order valence-electron chi connectivity index (χ3n) is 2.34. The van der Waals surface area contributed by atoms with E-state index < -0.39 is 5.41 Å². The average Bonchev–Trinajstić information content (AvgIpc) is 2.35. The minimum atomic E-state index is -0.680. The van der Waals surface area contributed by atoms with Crippen molar-refractivity contribution in [1.29, 1.82) is 0 Å². The van der Waals surface area contributed by atoms with Crippen molar-refractivity contribution in [2.45, 2.75) is 13.8 Å². The predicted molar refractivity (Wildman–Crippen MR) is 65.7 cm³/mol. The summed E-state index contributed by atoms with van der Waals surface area (Å²) in [4.78, 5) is 11.4. The Bertz CT molecular complexity index is 441. The summed E-state index contributed by atoms with van der Waals surface area (Å²) in [7, 11) is 1.36. The molecule has 1 aromatic carbocycles. The molecule has 0 heterocycles. The number of carbonyl (C=O) groups excluding carboxylic acids is 1. The lowest BCUT2D eigenvalue weighted by molar-refractivity contribution is -0.152. The predicted octanol–water partition coefficient (Wildman–Crippen LogP) is 2.25. The van der Waals surface area contributed by atoms with Gasteiger partial charge >= 0.3 is 5.97 Å². The zero-order valence-corrected chi connectivity index (χ0v) is 10.3. The number of rotatable bonds is 4. The largest absolute Gasteiger partial charge is 0.492 e. The van der Waals surface area contributed by atoms with Gasteiger partial charge in [0, 0.05) is 5.56 Å². The lowest BCUT2D eigenvalue weighted by atomic mass is 9.95. The molecule has 0 radical (unpaired) electrons. The molecule has 0 aliphatic carbocycles. The second-order valence-corrected chi connectivity index (χ2v) is 4.34. The lowest BCUT2D eigenvalue weighted by Gasteiger charge is -2.21. The summed E-state index contributed by atoms with van der Waals surface area (Å²) in [5.41, 5.74) is 0.0688. The Labute approximate surface area is 102 Å². The molecule has 0 aromatic heterocycles. The first-order chi connectivity index (χ1) is 7.99. The van der Waals surface area contributed by atoms with Gasteiger partial charge in [-0.15, -0.1) is 6.42 Å². The quantitative estimate of drug-likeness (QED) is 0.590. The minimum absolute atomic E-state index is 0.244. The van der Waals surface area contributed by atoms with Crippen LogP contribution in [0.1, 0.15) is 19.4 Å². The summed E-state index contributed by atoms with van der Waals surface area (Å²) in [6.45, 7) is 3.78. The molecule has 0 aliphatic heterocycles. The normalized spacial score (nSPS) is 10.5. The Kier molecular flexibility index (Phi) is 4.17. The SMILES string of the molecule is C#Cc1cccc(OCC(C)(C)C(=O)OC)c1. The second kappa shape index (κ2) is 5.40.